The minimum atomic E-state index is -1.82. The lowest BCUT2D eigenvalue weighted by molar-refractivity contribution is -0.159. The van der Waals surface area contributed by atoms with Crippen molar-refractivity contribution in [2.75, 3.05) is 13.2 Å². The average Bonchev–Trinajstić information content (AvgIpc) is 2.76. The zero-order valence-corrected chi connectivity index (χ0v) is 20.0. The van der Waals surface area contributed by atoms with Crippen LogP contribution < -0.4 is 5.73 Å². The predicted octanol–water partition coefficient (Wildman–Crippen LogP) is 2.69. The summed E-state index contributed by atoms with van der Waals surface area (Å²) in [7, 11) is 0. The largest absolute Gasteiger partial charge is 0.473 e. The Kier molecular flexibility index (Phi) is 9.43. The number of rotatable bonds is 6. The van der Waals surface area contributed by atoms with E-state index in [0.29, 0.717) is 30.8 Å². The molecule has 0 aromatic heterocycles. The molecule has 33 heavy (non-hydrogen) atoms. The highest BCUT2D eigenvalue weighted by Gasteiger charge is 2.57. The summed E-state index contributed by atoms with van der Waals surface area (Å²) in [6.45, 7) is 7.64. The van der Waals surface area contributed by atoms with Gasteiger partial charge in [-0.05, 0) is 74.5 Å². The third kappa shape index (κ3) is 6.12. The van der Waals surface area contributed by atoms with Crippen molar-refractivity contribution >= 4 is 23.9 Å². The summed E-state index contributed by atoms with van der Waals surface area (Å²) in [4.78, 5) is 36.9. The first kappa shape index (κ1) is 27.2. The SMILES string of the molecule is C[C@@H](C/C=N\OCCN)[C@@]1(C)CC[C@H]2[C@@H](CC[C@@H]3C[C@@H](O)CC[C@@]32C)C1=O.O=C(O)C(=O)O. The van der Waals surface area contributed by atoms with Gasteiger partial charge in [0, 0.05) is 24.1 Å². The molecule has 3 rings (SSSR count). The van der Waals surface area contributed by atoms with Crippen molar-refractivity contribution in [3.8, 4) is 0 Å². The van der Waals surface area contributed by atoms with Crippen LogP contribution in [0.15, 0.2) is 5.16 Å². The fraction of sp³-hybridized carbons (Fsp3) is 0.833. The number of Topliss-reactive ketones (excluding diaryl/α,β-unsaturated/α-hetero) is 1. The predicted molar refractivity (Wildman–Crippen MR) is 123 cm³/mol. The van der Waals surface area contributed by atoms with Crippen molar-refractivity contribution in [1.82, 2.24) is 0 Å². The highest BCUT2D eigenvalue weighted by atomic mass is 16.6. The maximum Gasteiger partial charge on any atom is 0.414 e. The summed E-state index contributed by atoms with van der Waals surface area (Å²) in [5.74, 6) is -1.62. The van der Waals surface area contributed by atoms with Gasteiger partial charge in [-0.15, -0.1) is 0 Å². The van der Waals surface area contributed by atoms with E-state index in [-0.39, 0.29) is 28.8 Å². The molecule has 9 heteroatoms. The maximum absolute atomic E-state index is 13.6. The zero-order valence-electron chi connectivity index (χ0n) is 20.0. The zero-order chi connectivity index (χ0) is 24.8. The number of carboxylic acids is 2. The molecule has 3 fully saturated rings. The number of fused-ring (bicyclic) bond motifs is 3. The first-order chi connectivity index (χ1) is 15.5. The van der Waals surface area contributed by atoms with Crippen LogP contribution in [0.3, 0.4) is 0 Å². The van der Waals surface area contributed by atoms with Gasteiger partial charge in [0.2, 0.25) is 0 Å². The number of carboxylic acid groups (broad SMARTS) is 2. The summed E-state index contributed by atoms with van der Waals surface area (Å²) in [6, 6.07) is 0. The van der Waals surface area contributed by atoms with Crippen molar-refractivity contribution in [3.63, 3.8) is 0 Å². The van der Waals surface area contributed by atoms with Gasteiger partial charge < -0.3 is 25.9 Å². The van der Waals surface area contributed by atoms with Gasteiger partial charge in [0.05, 0.1) is 6.10 Å². The van der Waals surface area contributed by atoms with Crippen LogP contribution in [0.4, 0.5) is 0 Å². The summed E-state index contributed by atoms with van der Waals surface area (Å²) >= 11 is 0. The number of aliphatic hydroxyl groups excluding tert-OH is 1. The molecule has 0 heterocycles. The molecule has 9 nitrogen and oxygen atoms in total. The van der Waals surface area contributed by atoms with E-state index in [2.05, 4.69) is 25.9 Å². The minimum Gasteiger partial charge on any atom is -0.473 e. The van der Waals surface area contributed by atoms with Crippen LogP contribution in [0, 0.1) is 34.5 Å². The lowest BCUT2D eigenvalue weighted by Crippen LogP contribution is -2.55. The molecule has 3 aliphatic rings. The van der Waals surface area contributed by atoms with E-state index in [0.717, 1.165) is 51.4 Å². The van der Waals surface area contributed by atoms with Gasteiger partial charge in [-0.25, -0.2) is 9.59 Å². The minimum absolute atomic E-state index is 0.134. The molecule has 0 saturated heterocycles. The number of nitrogens with two attached hydrogens (primary N) is 1. The number of aliphatic carboxylic acids is 2. The molecule has 0 radical (unpaired) electrons. The molecule has 0 unspecified atom stereocenters. The van der Waals surface area contributed by atoms with E-state index < -0.39 is 11.9 Å². The second kappa shape index (κ2) is 11.4. The van der Waals surface area contributed by atoms with E-state index in [4.69, 9.17) is 30.4 Å². The van der Waals surface area contributed by atoms with Gasteiger partial charge in [0.25, 0.3) is 0 Å². The van der Waals surface area contributed by atoms with Crippen molar-refractivity contribution < 1.29 is 34.5 Å². The molecule has 0 spiro atoms. The average molecular weight is 469 g/mol. The molecule has 7 atom stereocenters. The Morgan fingerprint density at radius 3 is 2.45 bits per heavy atom. The normalized spacial score (nSPS) is 36.7. The van der Waals surface area contributed by atoms with Gasteiger partial charge in [0.1, 0.15) is 12.4 Å². The quantitative estimate of drug-likeness (QED) is 0.200. The number of aliphatic hydroxyl groups is 1. The third-order valence-corrected chi connectivity index (χ3v) is 8.63. The van der Waals surface area contributed by atoms with E-state index in [1.165, 1.54) is 0 Å². The van der Waals surface area contributed by atoms with Crippen LogP contribution in [0.1, 0.15) is 72.1 Å². The fourth-order valence-corrected chi connectivity index (χ4v) is 6.33. The molecule has 0 aromatic carbocycles. The molecule has 0 bridgehead atoms. The molecule has 5 N–H and O–H groups in total. The number of hydrogen-bond acceptors (Lipinski definition) is 7. The number of hydrogen-bond donors (Lipinski definition) is 4. The fourth-order valence-electron chi connectivity index (χ4n) is 6.33. The second-order valence-corrected chi connectivity index (χ2v) is 10.4. The maximum atomic E-state index is 13.6. The molecule has 188 valence electrons. The highest BCUT2D eigenvalue weighted by Crippen LogP contribution is 2.61. The monoisotopic (exact) mass is 468 g/mol. The Hall–Kier alpha value is -2.00. The van der Waals surface area contributed by atoms with Crippen LogP contribution in [0.25, 0.3) is 0 Å². The number of carbonyl (C=O) groups excluding carboxylic acids is 1. The van der Waals surface area contributed by atoms with Crippen LogP contribution >= 0.6 is 0 Å². The lowest BCUT2D eigenvalue weighted by atomic mass is 9.46. The van der Waals surface area contributed by atoms with E-state index >= 15 is 0 Å². The Bertz CT molecular complexity index is 730. The van der Waals surface area contributed by atoms with Crippen molar-refractivity contribution in [2.45, 2.75) is 78.2 Å². The van der Waals surface area contributed by atoms with Crippen molar-refractivity contribution in [2.24, 2.45) is 45.4 Å². The Morgan fingerprint density at radius 2 is 1.85 bits per heavy atom. The standard InChI is InChI=1S/C22H38N2O3.C2H2O4/c1-15(8-12-24-27-13-11-23)21(2)10-7-19-18(20(21)26)5-4-16-14-17(25)6-9-22(16,19)3;3-1(4)2(5)6/h12,15-19,25H,4-11,13-14,23H2,1-3H3;(H,3,4)(H,5,6)/b24-12-;/t15-,16+,17-,18+,19-,21+,22-;/m0./s1. The number of nitrogens with zero attached hydrogens (tertiary/aromatic N) is 1. The highest BCUT2D eigenvalue weighted by molar-refractivity contribution is 6.27. The molecule has 0 aliphatic heterocycles. The van der Waals surface area contributed by atoms with Crippen molar-refractivity contribution in [1.29, 1.82) is 0 Å². The van der Waals surface area contributed by atoms with Crippen LogP contribution in [0.2, 0.25) is 0 Å². The molecule has 3 saturated carbocycles. The van der Waals surface area contributed by atoms with E-state index in [1.54, 1.807) is 6.21 Å². The molecule has 0 amide bonds. The molecular formula is C24H40N2O7. The smallest absolute Gasteiger partial charge is 0.414 e. The summed E-state index contributed by atoms with van der Waals surface area (Å²) in [5, 5.41) is 28.9. The summed E-state index contributed by atoms with van der Waals surface area (Å²) in [6.07, 6.45) is 9.54. The first-order valence-corrected chi connectivity index (χ1v) is 12.0. The molecular weight excluding hydrogens is 428 g/mol. The lowest BCUT2D eigenvalue weighted by Gasteiger charge is -2.58. The van der Waals surface area contributed by atoms with Crippen molar-refractivity contribution in [3.05, 3.63) is 0 Å². The van der Waals surface area contributed by atoms with Crippen LogP contribution in [-0.2, 0) is 19.2 Å². The van der Waals surface area contributed by atoms with Gasteiger partial charge >= 0.3 is 11.9 Å². The van der Waals surface area contributed by atoms with E-state index in [9.17, 15) is 9.90 Å². The van der Waals surface area contributed by atoms with E-state index in [1.807, 2.05) is 0 Å². The van der Waals surface area contributed by atoms with Gasteiger partial charge in [0.15, 0.2) is 0 Å². The van der Waals surface area contributed by atoms with Gasteiger partial charge in [-0.1, -0.05) is 25.9 Å². The molecule has 3 aliphatic carbocycles. The second-order valence-electron chi connectivity index (χ2n) is 10.4. The first-order valence-electron chi connectivity index (χ1n) is 12.0. The van der Waals surface area contributed by atoms with Crippen LogP contribution in [-0.4, -0.2) is 58.5 Å². The number of oxime groups is 1. The third-order valence-electron chi connectivity index (χ3n) is 8.63. The Balaban J connectivity index is 0.000000569. The Labute approximate surface area is 195 Å². The van der Waals surface area contributed by atoms with Crippen LogP contribution in [0.5, 0.6) is 0 Å². The Morgan fingerprint density at radius 1 is 1.18 bits per heavy atom. The molecule has 0 aromatic rings. The van der Waals surface area contributed by atoms with Gasteiger partial charge in [-0.3, -0.25) is 4.79 Å². The summed E-state index contributed by atoms with van der Waals surface area (Å²) < 4.78 is 0. The number of ketones is 1. The number of carbonyl (C=O) groups is 3. The van der Waals surface area contributed by atoms with Gasteiger partial charge in [-0.2, -0.15) is 0 Å². The topological polar surface area (TPSA) is 160 Å². The summed E-state index contributed by atoms with van der Waals surface area (Å²) in [5.41, 5.74) is 5.37.